The quantitative estimate of drug-likeness (QED) is 0.643. The van der Waals surface area contributed by atoms with Gasteiger partial charge in [-0.25, -0.2) is 4.68 Å². The molecule has 0 fully saturated rings. The van der Waals surface area contributed by atoms with Crippen molar-refractivity contribution in [1.82, 2.24) is 25.1 Å². The third kappa shape index (κ3) is 4.15. The average molecular weight is 353 g/mol. The molecule has 0 unspecified atom stereocenters. The molecule has 0 aliphatic heterocycles. The summed E-state index contributed by atoms with van der Waals surface area (Å²) < 4.78 is 12.5. The van der Waals surface area contributed by atoms with Gasteiger partial charge in [0.15, 0.2) is 6.61 Å². The summed E-state index contributed by atoms with van der Waals surface area (Å²) in [5, 5.41) is 11.0. The van der Waals surface area contributed by atoms with Gasteiger partial charge in [-0.05, 0) is 28.6 Å². The molecule has 1 aromatic heterocycles. The lowest BCUT2D eigenvalue weighted by molar-refractivity contribution is -0.132. The molecule has 134 valence electrons. The van der Waals surface area contributed by atoms with Gasteiger partial charge in [-0.3, -0.25) is 4.79 Å². The lowest BCUT2D eigenvalue weighted by atomic mass is 10.2. The number of para-hydroxylation sites is 1. The highest BCUT2D eigenvalue weighted by Crippen LogP contribution is 2.19. The van der Waals surface area contributed by atoms with E-state index in [1.54, 1.807) is 31.2 Å². The van der Waals surface area contributed by atoms with Crippen molar-refractivity contribution in [2.24, 2.45) is 0 Å². The molecule has 26 heavy (non-hydrogen) atoms. The molecule has 0 saturated heterocycles. The predicted octanol–water partition coefficient (Wildman–Crippen LogP) is 1.71. The van der Waals surface area contributed by atoms with Crippen molar-refractivity contribution in [2.45, 2.75) is 6.54 Å². The maximum atomic E-state index is 12.4. The number of likely N-dealkylation sites (N-methyl/N-ethyl adjacent to an activating group) is 1. The molecular weight excluding hydrogens is 334 g/mol. The number of rotatable bonds is 7. The molecule has 1 heterocycles. The Labute approximate surface area is 151 Å². The maximum Gasteiger partial charge on any atom is 0.260 e. The lowest BCUT2D eigenvalue weighted by Gasteiger charge is -2.19. The van der Waals surface area contributed by atoms with Crippen LogP contribution in [0.15, 0.2) is 54.9 Å². The number of tetrazole rings is 1. The molecule has 0 saturated carbocycles. The smallest absolute Gasteiger partial charge is 0.260 e. The second-order valence-electron chi connectivity index (χ2n) is 5.60. The first-order valence-electron chi connectivity index (χ1n) is 7.99. The first-order valence-corrected chi connectivity index (χ1v) is 7.99. The molecule has 0 bridgehead atoms. The van der Waals surface area contributed by atoms with E-state index in [-0.39, 0.29) is 12.5 Å². The van der Waals surface area contributed by atoms with E-state index in [4.69, 9.17) is 9.47 Å². The molecule has 0 aliphatic carbocycles. The molecule has 0 atom stereocenters. The SMILES string of the molecule is COc1ccccc1CN(C)C(=O)COc1cccc(-n2cnnn2)c1. The Morgan fingerprint density at radius 2 is 2.04 bits per heavy atom. The minimum Gasteiger partial charge on any atom is -0.496 e. The summed E-state index contributed by atoms with van der Waals surface area (Å²) in [4.78, 5) is 14.0. The maximum absolute atomic E-state index is 12.4. The van der Waals surface area contributed by atoms with Crippen LogP contribution in [0.3, 0.4) is 0 Å². The van der Waals surface area contributed by atoms with E-state index in [2.05, 4.69) is 15.5 Å². The van der Waals surface area contributed by atoms with Gasteiger partial charge in [-0.2, -0.15) is 0 Å². The van der Waals surface area contributed by atoms with Crippen LogP contribution in [-0.4, -0.2) is 51.8 Å². The van der Waals surface area contributed by atoms with Crippen LogP contribution in [-0.2, 0) is 11.3 Å². The third-order valence-corrected chi connectivity index (χ3v) is 3.82. The van der Waals surface area contributed by atoms with Gasteiger partial charge in [0.2, 0.25) is 0 Å². The van der Waals surface area contributed by atoms with Crippen LogP contribution in [0.2, 0.25) is 0 Å². The van der Waals surface area contributed by atoms with E-state index in [1.165, 1.54) is 11.0 Å². The van der Waals surface area contributed by atoms with Crippen molar-refractivity contribution in [3.63, 3.8) is 0 Å². The molecular formula is C18H19N5O3. The fourth-order valence-electron chi connectivity index (χ4n) is 2.43. The van der Waals surface area contributed by atoms with Gasteiger partial charge in [-0.15, -0.1) is 5.10 Å². The minimum absolute atomic E-state index is 0.0648. The number of benzene rings is 2. The summed E-state index contributed by atoms with van der Waals surface area (Å²) in [5.74, 6) is 1.18. The van der Waals surface area contributed by atoms with Crippen molar-refractivity contribution >= 4 is 5.91 Å². The fraction of sp³-hybridized carbons (Fsp3) is 0.222. The monoisotopic (exact) mass is 353 g/mol. The van der Waals surface area contributed by atoms with Crippen molar-refractivity contribution in [3.05, 3.63) is 60.4 Å². The molecule has 8 heteroatoms. The van der Waals surface area contributed by atoms with Crippen LogP contribution in [0.1, 0.15) is 5.56 Å². The number of carbonyl (C=O) groups excluding carboxylic acids is 1. The number of carbonyl (C=O) groups is 1. The second kappa shape index (κ2) is 8.11. The second-order valence-corrected chi connectivity index (χ2v) is 5.60. The summed E-state index contributed by atoms with van der Waals surface area (Å²) >= 11 is 0. The number of hydrogen-bond donors (Lipinski definition) is 0. The highest BCUT2D eigenvalue weighted by atomic mass is 16.5. The summed E-state index contributed by atoms with van der Waals surface area (Å²) in [6.07, 6.45) is 1.49. The molecule has 0 N–H and O–H groups in total. The predicted molar refractivity (Wildman–Crippen MR) is 94.1 cm³/mol. The van der Waals surface area contributed by atoms with Crippen LogP contribution in [0, 0.1) is 0 Å². The number of ether oxygens (including phenoxy) is 2. The Kier molecular flexibility index (Phi) is 5.43. The minimum atomic E-state index is -0.135. The first kappa shape index (κ1) is 17.4. The number of hydrogen-bond acceptors (Lipinski definition) is 6. The highest BCUT2D eigenvalue weighted by Gasteiger charge is 2.13. The number of aromatic nitrogens is 4. The Balaban J connectivity index is 1.59. The van der Waals surface area contributed by atoms with Crippen LogP contribution in [0.5, 0.6) is 11.5 Å². The zero-order valence-corrected chi connectivity index (χ0v) is 14.6. The Hall–Kier alpha value is -3.42. The zero-order valence-electron chi connectivity index (χ0n) is 14.6. The number of methoxy groups -OCH3 is 1. The van der Waals surface area contributed by atoms with Crippen molar-refractivity contribution in [1.29, 1.82) is 0 Å². The van der Waals surface area contributed by atoms with Crippen LogP contribution in [0.4, 0.5) is 0 Å². The Bertz CT molecular complexity index is 867. The van der Waals surface area contributed by atoms with E-state index in [0.717, 1.165) is 17.0 Å². The van der Waals surface area contributed by atoms with Gasteiger partial charge in [0, 0.05) is 25.2 Å². The van der Waals surface area contributed by atoms with Crippen LogP contribution < -0.4 is 9.47 Å². The topological polar surface area (TPSA) is 82.4 Å². The lowest BCUT2D eigenvalue weighted by Crippen LogP contribution is -2.31. The van der Waals surface area contributed by atoms with E-state index in [9.17, 15) is 4.79 Å². The number of amides is 1. The van der Waals surface area contributed by atoms with Crippen molar-refractivity contribution in [3.8, 4) is 17.2 Å². The van der Waals surface area contributed by atoms with E-state index in [0.29, 0.717) is 12.3 Å². The largest absolute Gasteiger partial charge is 0.496 e. The van der Waals surface area contributed by atoms with Gasteiger partial charge in [0.25, 0.3) is 5.91 Å². The molecule has 0 aliphatic rings. The molecule has 3 aromatic rings. The molecule has 0 radical (unpaired) electrons. The molecule has 3 rings (SSSR count). The zero-order chi connectivity index (χ0) is 18.4. The summed E-state index contributed by atoms with van der Waals surface area (Å²) in [7, 11) is 3.34. The third-order valence-electron chi connectivity index (χ3n) is 3.82. The van der Waals surface area contributed by atoms with E-state index < -0.39 is 0 Å². The Morgan fingerprint density at radius 3 is 2.81 bits per heavy atom. The summed E-state index contributed by atoms with van der Waals surface area (Å²) in [6.45, 7) is 0.377. The van der Waals surface area contributed by atoms with Gasteiger partial charge >= 0.3 is 0 Å². The summed E-state index contributed by atoms with van der Waals surface area (Å²) in [5.41, 5.74) is 1.69. The van der Waals surface area contributed by atoms with Gasteiger partial charge in [0.1, 0.15) is 17.8 Å². The average Bonchev–Trinajstić information content (AvgIpc) is 3.21. The van der Waals surface area contributed by atoms with Crippen LogP contribution in [0.25, 0.3) is 5.69 Å². The normalized spacial score (nSPS) is 10.4. The van der Waals surface area contributed by atoms with Gasteiger partial charge in [-0.1, -0.05) is 24.3 Å². The van der Waals surface area contributed by atoms with Crippen LogP contribution >= 0.6 is 0 Å². The number of nitrogens with zero attached hydrogens (tertiary/aromatic N) is 5. The summed E-state index contributed by atoms with van der Waals surface area (Å²) in [6, 6.07) is 14.8. The first-order chi connectivity index (χ1) is 12.7. The van der Waals surface area contributed by atoms with Gasteiger partial charge < -0.3 is 14.4 Å². The van der Waals surface area contributed by atoms with E-state index in [1.807, 2.05) is 36.4 Å². The standard InChI is InChI=1S/C18H19N5O3/c1-22(11-14-6-3-4-9-17(14)25-2)18(24)12-26-16-8-5-7-15(10-16)23-13-19-20-21-23/h3-10,13H,11-12H2,1-2H3. The van der Waals surface area contributed by atoms with E-state index >= 15 is 0 Å². The highest BCUT2D eigenvalue weighted by molar-refractivity contribution is 5.77. The van der Waals surface area contributed by atoms with Gasteiger partial charge in [0.05, 0.1) is 12.8 Å². The molecule has 1 amide bonds. The fourth-order valence-corrected chi connectivity index (χ4v) is 2.43. The Morgan fingerprint density at radius 1 is 1.19 bits per heavy atom. The molecule has 2 aromatic carbocycles. The molecule has 0 spiro atoms. The van der Waals surface area contributed by atoms with Crippen molar-refractivity contribution in [2.75, 3.05) is 20.8 Å². The molecule has 8 nitrogen and oxygen atoms in total. The van der Waals surface area contributed by atoms with Crippen molar-refractivity contribution < 1.29 is 14.3 Å².